The summed E-state index contributed by atoms with van der Waals surface area (Å²) >= 11 is 6.20. The number of amides is 2. The number of rotatable bonds is 10. The second-order valence-corrected chi connectivity index (χ2v) is 11.5. The predicted octanol–water partition coefficient (Wildman–Crippen LogP) is 4.60. The van der Waals surface area contributed by atoms with Gasteiger partial charge < -0.3 is 25.4 Å². The van der Waals surface area contributed by atoms with E-state index in [-0.39, 0.29) is 30.0 Å². The van der Waals surface area contributed by atoms with Crippen molar-refractivity contribution in [1.29, 1.82) is 0 Å². The molecule has 0 aliphatic carbocycles. The van der Waals surface area contributed by atoms with Gasteiger partial charge in [0.25, 0.3) is 5.91 Å². The summed E-state index contributed by atoms with van der Waals surface area (Å²) in [7, 11) is 6.77. The molecule has 0 radical (unpaired) electrons. The number of ether oxygens (including phenoxy) is 2. The fourth-order valence-corrected chi connectivity index (χ4v) is 6.21. The van der Waals surface area contributed by atoms with Gasteiger partial charge in [-0.25, -0.2) is 0 Å². The van der Waals surface area contributed by atoms with Crippen LogP contribution in [0.2, 0.25) is 5.02 Å². The Balaban J connectivity index is 1.57. The van der Waals surface area contributed by atoms with Crippen LogP contribution in [-0.2, 0) is 14.9 Å². The third kappa shape index (κ3) is 6.41. The number of nitrogen functional groups attached to an aromatic ring is 1. The molecule has 0 saturated carbocycles. The Morgan fingerprint density at radius 3 is 2.19 bits per heavy atom. The minimum Gasteiger partial charge on any atom is -0.496 e. The second kappa shape index (κ2) is 13.6. The van der Waals surface area contributed by atoms with Crippen LogP contribution in [0, 0.1) is 0 Å². The fourth-order valence-electron chi connectivity index (χ4n) is 6.04. The molecular formula is C33H41ClN4O4. The molecule has 224 valence electrons. The molecule has 3 aromatic carbocycles. The van der Waals surface area contributed by atoms with Crippen LogP contribution in [0.4, 0.5) is 5.69 Å². The second-order valence-electron chi connectivity index (χ2n) is 11.1. The van der Waals surface area contributed by atoms with E-state index in [0.29, 0.717) is 41.4 Å². The van der Waals surface area contributed by atoms with E-state index in [0.717, 1.165) is 17.7 Å². The summed E-state index contributed by atoms with van der Waals surface area (Å²) in [4.78, 5) is 31.4. The standard InChI is InChI=1S/C33H41ClN4O4/c1-22(20-33(32(40)37(2)3,23-12-8-6-9-13-23)24-14-10-7-11-15-24)38-17-16-28(30(21-38)42-5)36-31(39)25-18-26(34)27(35)19-29(25)41-4/h6-15,18-19,22,28,30H,16-17,20-21,35H2,1-5H3,(H,36,39)/t22?,28-,30-/m0/s1. The van der Waals surface area contributed by atoms with Crippen molar-refractivity contribution < 1.29 is 19.1 Å². The zero-order chi connectivity index (χ0) is 30.4. The summed E-state index contributed by atoms with van der Waals surface area (Å²) in [6, 6.07) is 22.9. The summed E-state index contributed by atoms with van der Waals surface area (Å²) in [6.45, 7) is 3.48. The first-order valence-electron chi connectivity index (χ1n) is 14.2. The lowest BCUT2D eigenvalue weighted by Crippen LogP contribution is -2.58. The van der Waals surface area contributed by atoms with Crippen molar-refractivity contribution in [2.24, 2.45) is 0 Å². The lowest BCUT2D eigenvalue weighted by atomic mass is 9.69. The molecule has 1 unspecified atom stereocenters. The molecule has 3 N–H and O–H groups in total. The molecule has 0 aromatic heterocycles. The zero-order valence-electron chi connectivity index (χ0n) is 25.0. The summed E-state index contributed by atoms with van der Waals surface area (Å²) in [5.74, 6) is 0.0949. The topological polar surface area (TPSA) is 97.1 Å². The number of likely N-dealkylation sites (N-methyl/N-ethyl adjacent to an activating group) is 1. The average molecular weight is 593 g/mol. The number of likely N-dealkylation sites (tertiary alicyclic amines) is 1. The van der Waals surface area contributed by atoms with Gasteiger partial charge in [0.2, 0.25) is 5.91 Å². The summed E-state index contributed by atoms with van der Waals surface area (Å²) in [5.41, 5.74) is 7.61. The van der Waals surface area contributed by atoms with E-state index >= 15 is 0 Å². The number of benzene rings is 3. The largest absolute Gasteiger partial charge is 0.496 e. The van der Waals surface area contributed by atoms with Gasteiger partial charge >= 0.3 is 0 Å². The van der Waals surface area contributed by atoms with Crippen LogP contribution >= 0.6 is 11.6 Å². The van der Waals surface area contributed by atoms with Gasteiger partial charge in [-0.15, -0.1) is 0 Å². The molecule has 2 amide bonds. The highest BCUT2D eigenvalue weighted by atomic mass is 35.5. The van der Waals surface area contributed by atoms with Gasteiger partial charge in [-0.1, -0.05) is 72.3 Å². The number of hydrogen-bond donors (Lipinski definition) is 2. The lowest BCUT2D eigenvalue weighted by molar-refractivity contribution is -0.134. The number of nitrogens with one attached hydrogen (secondary N) is 1. The minimum atomic E-state index is -0.871. The van der Waals surface area contributed by atoms with E-state index in [1.165, 1.54) is 13.2 Å². The number of hydrogen-bond acceptors (Lipinski definition) is 6. The Morgan fingerprint density at radius 2 is 1.67 bits per heavy atom. The molecule has 9 heteroatoms. The van der Waals surface area contributed by atoms with Crippen molar-refractivity contribution in [3.8, 4) is 5.75 Å². The third-order valence-corrected chi connectivity index (χ3v) is 8.63. The van der Waals surface area contributed by atoms with E-state index in [9.17, 15) is 9.59 Å². The van der Waals surface area contributed by atoms with E-state index in [4.69, 9.17) is 26.8 Å². The Hall–Kier alpha value is -3.59. The van der Waals surface area contributed by atoms with Crippen LogP contribution in [0.15, 0.2) is 72.8 Å². The first-order valence-corrected chi connectivity index (χ1v) is 14.5. The SMILES string of the molecule is COc1cc(N)c(Cl)cc1C(=O)N[C@H]1CCN(C(C)CC(C(=O)N(C)C)(c2ccccc2)c2ccccc2)C[C@@H]1OC. The number of halogens is 1. The van der Waals surface area contributed by atoms with Crippen LogP contribution in [0.3, 0.4) is 0 Å². The number of methoxy groups -OCH3 is 2. The molecule has 8 nitrogen and oxygen atoms in total. The van der Waals surface area contributed by atoms with Crippen molar-refractivity contribution in [3.63, 3.8) is 0 Å². The molecule has 3 aromatic rings. The maximum atomic E-state index is 14.1. The van der Waals surface area contributed by atoms with Gasteiger partial charge in [-0.3, -0.25) is 14.5 Å². The predicted molar refractivity (Wildman–Crippen MR) is 167 cm³/mol. The maximum absolute atomic E-state index is 14.1. The normalized spacial score (nSPS) is 18.2. The van der Waals surface area contributed by atoms with Crippen LogP contribution < -0.4 is 15.8 Å². The summed E-state index contributed by atoms with van der Waals surface area (Å²) in [5, 5.41) is 3.41. The van der Waals surface area contributed by atoms with E-state index in [2.05, 4.69) is 17.1 Å². The van der Waals surface area contributed by atoms with E-state index in [1.54, 1.807) is 18.1 Å². The molecule has 1 fully saturated rings. The Labute approximate surface area is 253 Å². The van der Waals surface area contributed by atoms with Crippen LogP contribution in [0.1, 0.15) is 41.3 Å². The fraction of sp³-hybridized carbons (Fsp3) is 0.394. The van der Waals surface area contributed by atoms with Gasteiger partial charge in [-0.05, 0) is 37.0 Å². The smallest absolute Gasteiger partial charge is 0.255 e. The maximum Gasteiger partial charge on any atom is 0.255 e. The summed E-state index contributed by atoms with van der Waals surface area (Å²) < 4.78 is 11.3. The Kier molecular flexibility index (Phi) is 10.1. The van der Waals surface area contributed by atoms with Gasteiger partial charge in [-0.2, -0.15) is 0 Å². The molecule has 4 rings (SSSR count). The highest BCUT2D eigenvalue weighted by molar-refractivity contribution is 6.33. The molecule has 1 aliphatic heterocycles. The number of nitrogens with two attached hydrogens (primary N) is 1. The molecular weight excluding hydrogens is 552 g/mol. The molecule has 0 spiro atoms. The highest BCUT2D eigenvalue weighted by Crippen LogP contribution is 2.40. The highest BCUT2D eigenvalue weighted by Gasteiger charge is 2.45. The molecule has 1 saturated heterocycles. The van der Waals surface area contributed by atoms with Gasteiger partial charge in [0, 0.05) is 46.4 Å². The zero-order valence-corrected chi connectivity index (χ0v) is 25.7. The minimum absolute atomic E-state index is 0.0274. The number of piperidine rings is 1. The average Bonchev–Trinajstić information content (AvgIpc) is 3.01. The van der Waals surface area contributed by atoms with Crippen molar-refractivity contribution in [3.05, 3.63) is 94.5 Å². The number of carbonyl (C=O) groups is 2. The third-order valence-electron chi connectivity index (χ3n) is 8.30. The van der Waals surface area contributed by atoms with Crippen molar-refractivity contribution in [1.82, 2.24) is 15.1 Å². The Morgan fingerprint density at radius 1 is 1.07 bits per heavy atom. The summed E-state index contributed by atoms with van der Waals surface area (Å²) in [6.07, 6.45) is 0.991. The van der Waals surface area contributed by atoms with E-state index < -0.39 is 5.41 Å². The molecule has 1 aliphatic rings. The number of carbonyl (C=O) groups excluding carboxylic acids is 2. The molecule has 3 atom stereocenters. The van der Waals surface area contributed by atoms with Crippen molar-refractivity contribution in [2.75, 3.05) is 47.1 Å². The van der Waals surface area contributed by atoms with Crippen LogP contribution in [-0.4, -0.2) is 81.2 Å². The van der Waals surface area contributed by atoms with Gasteiger partial charge in [0.15, 0.2) is 0 Å². The van der Waals surface area contributed by atoms with Gasteiger partial charge in [0.05, 0.1) is 35.5 Å². The van der Waals surface area contributed by atoms with Crippen molar-refractivity contribution >= 4 is 29.1 Å². The lowest BCUT2D eigenvalue weighted by Gasteiger charge is -2.44. The first kappa shape index (κ1) is 31.3. The van der Waals surface area contributed by atoms with Crippen LogP contribution in [0.5, 0.6) is 5.75 Å². The van der Waals surface area contributed by atoms with E-state index in [1.807, 2.05) is 74.8 Å². The van der Waals surface area contributed by atoms with Crippen LogP contribution in [0.25, 0.3) is 0 Å². The molecule has 42 heavy (non-hydrogen) atoms. The first-order chi connectivity index (χ1) is 20.1. The quantitative estimate of drug-likeness (QED) is 0.334. The molecule has 1 heterocycles. The van der Waals surface area contributed by atoms with Gasteiger partial charge in [0.1, 0.15) is 11.2 Å². The van der Waals surface area contributed by atoms with Crippen molar-refractivity contribution in [2.45, 2.75) is 43.4 Å². The molecule has 0 bridgehead atoms. The monoisotopic (exact) mass is 592 g/mol. The number of anilines is 1. The number of nitrogens with zero attached hydrogens (tertiary/aromatic N) is 2. The Bertz CT molecular complexity index is 1330.